The van der Waals surface area contributed by atoms with Gasteiger partial charge in [0.25, 0.3) is 0 Å². The molecule has 0 aliphatic heterocycles. The molecule has 1 N–H and O–H groups in total. The molecule has 1 aliphatic carbocycles. The molecular formula is C11H15NO. The van der Waals surface area contributed by atoms with Crippen molar-refractivity contribution >= 4 is 6.21 Å². The first-order valence-corrected chi connectivity index (χ1v) is 4.58. The molecule has 1 aliphatic rings. The van der Waals surface area contributed by atoms with E-state index in [1.807, 2.05) is 13.0 Å². The van der Waals surface area contributed by atoms with Gasteiger partial charge in [0.1, 0.15) is 5.76 Å². The van der Waals surface area contributed by atoms with Gasteiger partial charge in [-0.2, -0.15) is 0 Å². The highest BCUT2D eigenvalue weighted by molar-refractivity contribution is 5.74. The summed E-state index contributed by atoms with van der Waals surface area (Å²) in [4.78, 5) is 0. The molecule has 0 radical (unpaired) electrons. The molecule has 70 valence electrons. The van der Waals surface area contributed by atoms with E-state index in [9.17, 15) is 0 Å². The molecule has 1 rings (SSSR count). The van der Waals surface area contributed by atoms with Gasteiger partial charge in [0.05, 0.1) is 12.8 Å². The molecule has 2 heteroatoms. The maximum Gasteiger partial charge on any atom is 0.137 e. The van der Waals surface area contributed by atoms with E-state index >= 15 is 0 Å². The lowest BCUT2D eigenvalue weighted by molar-refractivity contribution is 0.251. The fourth-order valence-corrected chi connectivity index (χ4v) is 1.20. The maximum absolute atomic E-state index is 7.11. The molecule has 0 spiro atoms. The second-order valence-electron chi connectivity index (χ2n) is 2.81. The van der Waals surface area contributed by atoms with E-state index in [1.54, 1.807) is 0 Å². The van der Waals surface area contributed by atoms with Crippen LogP contribution in [-0.4, -0.2) is 12.8 Å². The van der Waals surface area contributed by atoms with Gasteiger partial charge in [0.2, 0.25) is 0 Å². The molecule has 0 aromatic heterocycles. The lowest BCUT2D eigenvalue weighted by Gasteiger charge is -2.05. The zero-order valence-corrected chi connectivity index (χ0v) is 7.92. The van der Waals surface area contributed by atoms with Crippen molar-refractivity contribution in [3.63, 3.8) is 0 Å². The quantitative estimate of drug-likeness (QED) is 0.520. The van der Waals surface area contributed by atoms with E-state index in [0.717, 1.165) is 18.4 Å². The molecule has 0 bridgehead atoms. The van der Waals surface area contributed by atoms with Crippen LogP contribution in [0.4, 0.5) is 0 Å². The van der Waals surface area contributed by atoms with Crippen molar-refractivity contribution in [3.8, 4) is 0 Å². The van der Waals surface area contributed by atoms with Gasteiger partial charge in [-0.25, -0.2) is 0 Å². The number of allylic oxidation sites excluding steroid dienone is 6. The molecule has 2 nitrogen and oxygen atoms in total. The SMILES string of the molecule is CCO/C(C=N)=C/C1=CCCC=C1. The molecule has 13 heavy (non-hydrogen) atoms. The Labute approximate surface area is 79.1 Å². The number of nitrogens with one attached hydrogen (secondary N) is 1. The van der Waals surface area contributed by atoms with Gasteiger partial charge in [-0.1, -0.05) is 18.2 Å². The van der Waals surface area contributed by atoms with Crippen LogP contribution in [0.25, 0.3) is 0 Å². The van der Waals surface area contributed by atoms with Gasteiger partial charge in [-0.15, -0.1) is 0 Å². The van der Waals surface area contributed by atoms with E-state index < -0.39 is 0 Å². The fourth-order valence-electron chi connectivity index (χ4n) is 1.20. The highest BCUT2D eigenvalue weighted by atomic mass is 16.5. The van der Waals surface area contributed by atoms with Crippen LogP contribution >= 0.6 is 0 Å². The Morgan fingerprint density at radius 2 is 2.46 bits per heavy atom. The zero-order chi connectivity index (χ0) is 9.52. The van der Waals surface area contributed by atoms with Crippen molar-refractivity contribution < 1.29 is 4.74 Å². The Morgan fingerprint density at radius 3 is 3.00 bits per heavy atom. The van der Waals surface area contributed by atoms with Crippen molar-refractivity contribution in [3.05, 3.63) is 35.6 Å². The third-order valence-electron chi connectivity index (χ3n) is 1.79. The van der Waals surface area contributed by atoms with Crippen molar-refractivity contribution in [1.82, 2.24) is 0 Å². The Balaban J connectivity index is 2.65. The number of ether oxygens (including phenoxy) is 1. The first-order valence-electron chi connectivity index (χ1n) is 4.58. The number of rotatable bonds is 4. The average molecular weight is 177 g/mol. The van der Waals surface area contributed by atoms with E-state index in [1.165, 1.54) is 6.21 Å². The van der Waals surface area contributed by atoms with Crippen LogP contribution in [-0.2, 0) is 4.74 Å². The van der Waals surface area contributed by atoms with Crippen LogP contribution in [0.15, 0.2) is 35.6 Å². The summed E-state index contributed by atoms with van der Waals surface area (Å²) < 4.78 is 5.24. The summed E-state index contributed by atoms with van der Waals surface area (Å²) in [5.74, 6) is 0.625. The van der Waals surface area contributed by atoms with Crippen molar-refractivity contribution in [2.24, 2.45) is 0 Å². The summed E-state index contributed by atoms with van der Waals surface area (Å²) >= 11 is 0. The van der Waals surface area contributed by atoms with Gasteiger partial charge >= 0.3 is 0 Å². The molecule has 0 aromatic rings. The third kappa shape index (κ3) is 3.28. The molecule has 0 aromatic carbocycles. The first kappa shape index (κ1) is 9.78. The normalized spacial score (nSPS) is 16.7. The lowest BCUT2D eigenvalue weighted by Crippen LogP contribution is -1.93. The Hall–Kier alpha value is -1.31. The van der Waals surface area contributed by atoms with Crippen LogP contribution in [0, 0.1) is 5.41 Å². The predicted molar refractivity (Wildman–Crippen MR) is 54.9 cm³/mol. The second-order valence-corrected chi connectivity index (χ2v) is 2.81. The van der Waals surface area contributed by atoms with E-state index in [4.69, 9.17) is 10.1 Å². The summed E-state index contributed by atoms with van der Waals surface area (Å²) in [6.07, 6.45) is 11.7. The summed E-state index contributed by atoms with van der Waals surface area (Å²) in [7, 11) is 0. The summed E-state index contributed by atoms with van der Waals surface area (Å²) in [6.45, 7) is 2.53. The van der Waals surface area contributed by atoms with Crippen LogP contribution in [0.5, 0.6) is 0 Å². The molecule has 0 saturated carbocycles. The zero-order valence-electron chi connectivity index (χ0n) is 7.92. The second kappa shape index (κ2) is 5.36. The van der Waals surface area contributed by atoms with Gasteiger partial charge in [-0.05, 0) is 31.4 Å². The third-order valence-corrected chi connectivity index (χ3v) is 1.79. The van der Waals surface area contributed by atoms with Gasteiger partial charge in [-0.3, -0.25) is 0 Å². The van der Waals surface area contributed by atoms with Crippen molar-refractivity contribution in [2.45, 2.75) is 19.8 Å². The lowest BCUT2D eigenvalue weighted by atomic mass is 10.1. The number of hydrogen-bond donors (Lipinski definition) is 1. The molecular weight excluding hydrogens is 162 g/mol. The summed E-state index contributed by atoms with van der Waals surface area (Å²) in [5, 5.41) is 7.11. The molecule has 0 amide bonds. The van der Waals surface area contributed by atoms with E-state index in [-0.39, 0.29) is 0 Å². The van der Waals surface area contributed by atoms with Crippen LogP contribution in [0.1, 0.15) is 19.8 Å². The minimum Gasteiger partial charge on any atom is -0.492 e. The van der Waals surface area contributed by atoms with Crippen molar-refractivity contribution in [1.29, 1.82) is 5.41 Å². The van der Waals surface area contributed by atoms with Gasteiger partial charge in [0.15, 0.2) is 0 Å². The minimum absolute atomic E-state index is 0.609. The molecule has 0 saturated heterocycles. The van der Waals surface area contributed by atoms with Crippen LogP contribution in [0.3, 0.4) is 0 Å². The predicted octanol–water partition coefficient (Wildman–Crippen LogP) is 2.83. The standard InChI is InChI=1S/C11H15NO/c1-2-13-11(9-12)8-10-6-4-3-5-7-10/h4,6-9,12H,2-3,5H2,1H3/b11-8+,12-9?. The average Bonchev–Trinajstić information content (AvgIpc) is 2.19. The van der Waals surface area contributed by atoms with Gasteiger partial charge in [0, 0.05) is 0 Å². The highest BCUT2D eigenvalue weighted by Gasteiger charge is 1.96. The highest BCUT2D eigenvalue weighted by Crippen LogP contribution is 2.12. The van der Waals surface area contributed by atoms with Gasteiger partial charge < -0.3 is 10.1 Å². The van der Waals surface area contributed by atoms with E-state index in [2.05, 4.69) is 18.2 Å². The summed E-state index contributed by atoms with van der Waals surface area (Å²) in [5.41, 5.74) is 1.14. The summed E-state index contributed by atoms with van der Waals surface area (Å²) in [6, 6.07) is 0. The monoisotopic (exact) mass is 177 g/mol. The Morgan fingerprint density at radius 1 is 1.62 bits per heavy atom. The Kier molecular flexibility index (Phi) is 4.03. The molecule has 0 heterocycles. The van der Waals surface area contributed by atoms with Crippen LogP contribution in [0.2, 0.25) is 0 Å². The smallest absolute Gasteiger partial charge is 0.137 e. The Bertz CT molecular complexity index is 261. The largest absolute Gasteiger partial charge is 0.492 e. The fraction of sp³-hybridized carbons (Fsp3) is 0.364. The first-order chi connectivity index (χ1) is 6.36. The molecule has 0 atom stereocenters. The topological polar surface area (TPSA) is 33.1 Å². The molecule has 0 unspecified atom stereocenters. The van der Waals surface area contributed by atoms with E-state index in [0.29, 0.717) is 12.4 Å². The molecule has 0 fully saturated rings. The van der Waals surface area contributed by atoms with Crippen molar-refractivity contribution in [2.75, 3.05) is 6.61 Å². The minimum atomic E-state index is 0.609. The number of hydrogen-bond acceptors (Lipinski definition) is 2. The maximum atomic E-state index is 7.11. The van der Waals surface area contributed by atoms with Crippen LogP contribution < -0.4 is 0 Å².